The number of morpholine rings is 1. The van der Waals surface area contributed by atoms with Crippen LogP contribution in [0.2, 0.25) is 0 Å². The first-order valence-corrected chi connectivity index (χ1v) is 8.10. The van der Waals surface area contributed by atoms with E-state index in [2.05, 4.69) is 21.7 Å². The first-order valence-electron chi connectivity index (χ1n) is 8.10. The average molecular weight is 409 g/mol. The summed E-state index contributed by atoms with van der Waals surface area (Å²) < 4.78 is 5.39. The number of hydrogen-bond acceptors (Lipinski definition) is 5. The molecule has 0 saturated carbocycles. The van der Waals surface area contributed by atoms with Gasteiger partial charge in [-0.15, -0.1) is 24.8 Å². The van der Waals surface area contributed by atoms with Gasteiger partial charge in [0.15, 0.2) is 0 Å². The minimum Gasteiger partial charge on any atom is -0.378 e. The number of nitrogens with zero attached hydrogens (tertiary/aromatic N) is 3. The lowest BCUT2D eigenvalue weighted by Crippen LogP contribution is -2.37. The zero-order valence-corrected chi connectivity index (χ0v) is 16.6. The monoisotopic (exact) mass is 408 g/mol. The number of nitrogens with two attached hydrogens (primary N) is 1. The maximum atomic E-state index is 11.3. The second kappa shape index (κ2) is 10.8. The van der Waals surface area contributed by atoms with Crippen LogP contribution in [-0.2, 0) is 9.53 Å². The van der Waals surface area contributed by atoms with E-state index in [-0.39, 0.29) is 30.7 Å². The van der Waals surface area contributed by atoms with Gasteiger partial charge in [0.2, 0.25) is 5.91 Å². The summed E-state index contributed by atoms with van der Waals surface area (Å²) in [6.07, 6.45) is 1.78. The fraction of sp³-hybridized carbons (Fsp3) is 0.263. The third-order valence-electron chi connectivity index (χ3n) is 3.92. The molecule has 0 bridgehead atoms. The maximum absolute atomic E-state index is 11.3. The van der Waals surface area contributed by atoms with Gasteiger partial charge in [-0.25, -0.2) is 15.8 Å². The van der Waals surface area contributed by atoms with Gasteiger partial charge in [-0.3, -0.25) is 4.79 Å². The summed E-state index contributed by atoms with van der Waals surface area (Å²) in [5.74, 6) is 12.7. The van der Waals surface area contributed by atoms with Crippen LogP contribution in [-0.4, -0.2) is 37.2 Å². The minimum absolute atomic E-state index is 0. The van der Waals surface area contributed by atoms with E-state index in [0.29, 0.717) is 18.9 Å². The SMILES string of the molecule is CC(=O)N(N)c1ccc(C#Cc2cccnc2N2CCOCC2)cc1.Cl.Cl. The molecular formula is C19H22Cl2N4O2. The number of carbonyl (C=O) groups is 1. The van der Waals surface area contributed by atoms with Gasteiger partial charge in [-0.2, -0.15) is 0 Å². The number of hydrogen-bond donors (Lipinski definition) is 1. The van der Waals surface area contributed by atoms with Crippen molar-refractivity contribution in [1.82, 2.24) is 4.98 Å². The van der Waals surface area contributed by atoms with E-state index in [0.717, 1.165) is 35.0 Å². The molecule has 0 atom stereocenters. The molecule has 6 nitrogen and oxygen atoms in total. The van der Waals surface area contributed by atoms with Crippen LogP contribution in [0.5, 0.6) is 0 Å². The molecule has 2 N–H and O–H groups in total. The molecule has 3 rings (SSSR count). The fourth-order valence-corrected chi connectivity index (χ4v) is 2.55. The van der Waals surface area contributed by atoms with E-state index in [1.54, 1.807) is 18.3 Å². The summed E-state index contributed by atoms with van der Waals surface area (Å²) in [7, 11) is 0. The molecule has 0 aliphatic carbocycles. The summed E-state index contributed by atoms with van der Waals surface area (Å²) >= 11 is 0. The minimum atomic E-state index is -0.218. The topological polar surface area (TPSA) is 71.7 Å². The number of benzene rings is 1. The van der Waals surface area contributed by atoms with Gasteiger partial charge in [-0.1, -0.05) is 11.8 Å². The highest BCUT2D eigenvalue weighted by Crippen LogP contribution is 2.18. The molecule has 1 aromatic carbocycles. The van der Waals surface area contributed by atoms with Crippen LogP contribution in [0.4, 0.5) is 11.5 Å². The zero-order chi connectivity index (χ0) is 17.6. The molecule has 1 amide bonds. The first kappa shape index (κ1) is 22.7. The highest BCUT2D eigenvalue weighted by atomic mass is 35.5. The summed E-state index contributed by atoms with van der Waals surface area (Å²) in [6.45, 7) is 4.46. The number of aromatic nitrogens is 1. The molecular weight excluding hydrogens is 387 g/mol. The Hall–Kier alpha value is -2.30. The van der Waals surface area contributed by atoms with Crippen molar-refractivity contribution in [3.8, 4) is 11.8 Å². The van der Waals surface area contributed by atoms with E-state index >= 15 is 0 Å². The van der Waals surface area contributed by atoms with Gasteiger partial charge in [0, 0.05) is 31.8 Å². The predicted octanol–water partition coefficient (Wildman–Crippen LogP) is 2.39. The van der Waals surface area contributed by atoms with Gasteiger partial charge in [0.05, 0.1) is 24.5 Å². The van der Waals surface area contributed by atoms with Gasteiger partial charge < -0.3 is 9.64 Å². The molecule has 8 heteroatoms. The quantitative estimate of drug-likeness (QED) is 0.357. The third-order valence-corrected chi connectivity index (χ3v) is 3.92. The Labute approximate surface area is 171 Å². The van der Waals surface area contributed by atoms with E-state index in [1.165, 1.54) is 6.92 Å². The molecule has 1 aliphatic heterocycles. The van der Waals surface area contributed by atoms with Crippen LogP contribution in [0.25, 0.3) is 0 Å². The number of rotatable bonds is 2. The molecule has 0 unspecified atom stereocenters. The van der Waals surface area contributed by atoms with Crippen molar-refractivity contribution < 1.29 is 9.53 Å². The van der Waals surface area contributed by atoms with Crippen molar-refractivity contribution in [3.63, 3.8) is 0 Å². The molecule has 1 saturated heterocycles. The van der Waals surface area contributed by atoms with Crippen molar-refractivity contribution in [3.05, 3.63) is 53.7 Å². The molecule has 0 radical (unpaired) electrons. The van der Waals surface area contributed by atoms with E-state index in [9.17, 15) is 4.79 Å². The van der Waals surface area contributed by atoms with E-state index < -0.39 is 0 Å². The summed E-state index contributed by atoms with van der Waals surface area (Å²) in [4.78, 5) is 17.9. The van der Waals surface area contributed by atoms with E-state index in [4.69, 9.17) is 10.6 Å². The Morgan fingerprint density at radius 1 is 1.15 bits per heavy atom. The molecule has 2 aromatic rings. The predicted molar refractivity (Wildman–Crippen MR) is 112 cm³/mol. The summed E-state index contributed by atoms with van der Waals surface area (Å²) in [6, 6.07) is 11.1. The Kier molecular flexibility index (Phi) is 9.06. The van der Waals surface area contributed by atoms with Crippen molar-refractivity contribution in [2.45, 2.75) is 6.92 Å². The fourth-order valence-electron chi connectivity index (χ4n) is 2.55. The van der Waals surface area contributed by atoms with Crippen LogP contribution in [0.15, 0.2) is 42.6 Å². The molecule has 0 spiro atoms. The Balaban J connectivity index is 0.00000182. The number of pyridine rings is 1. The molecule has 27 heavy (non-hydrogen) atoms. The number of anilines is 2. The number of amides is 1. The van der Waals surface area contributed by atoms with Gasteiger partial charge in [0.25, 0.3) is 0 Å². The average Bonchev–Trinajstić information content (AvgIpc) is 2.67. The van der Waals surface area contributed by atoms with E-state index in [1.807, 2.05) is 24.3 Å². The van der Waals surface area contributed by atoms with Crippen LogP contribution >= 0.6 is 24.8 Å². The van der Waals surface area contributed by atoms with Crippen molar-refractivity contribution >= 4 is 42.2 Å². The van der Waals surface area contributed by atoms with Crippen molar-refractivity contribution in [1.29, 1.82) is 0 Å². The van der Waals surface area contributed by atoms with Gasteiger partial charge in [-0.05, 0) is 36.4 Å². The van der Waals surface area contributed by atoms with Gasteiger partial charge in [0.1, 0.15) is 5.82 Å². The molecule has 1 aromatic heterocycles. The lowest BCUT2D eigenvalue weighted by atomic mass is 10.1. The van der Waals surface area contributed by atoms with Crippen LogP contribution in [0, 0.1) is 11.8 Å². The van der Waals surface area contributed by atoms with Crippen LogP contribution in [0.1, 0.15) is 18.1 Å². The van der Waals surface area contributed by atoms with Crippen LogP contribution < -0.4 is 15.8 Å². The smallest absolute Gasteiger partial charge is 0.238 e. The number of carbonyl (C=O) groups excluding carboxylic acids is 1. The third kappa shape index (κ3) is 5.84. The number of hydrazine groups is 1. The van der Waals surface area contributed by atoms with Crippen molar-refractivity contribution in [2.24, 2.45) is 5.84 Å². The number of ether oxygens (including phenoxy) is 1. The highest BCUT2D eigenvalue weighted by Gasteiger charge is 2.14. The molecule has 144 valence electrons. The normalized spacial score (nSPS) is 12.7. The Morgan fingerprint density at radius 2 is 1.81 bits per heavy atom. The molecule has 2 heterocycles. The van der Waals surface area contributed by atoms with Crippen molar-refractivity contribution in [2.75, 3.05) is 36.2 Å². The Bertz CT molecular complexity index is 812. The zero-order valence-electron chi connectivity index (χ0n) is 14.9. The second-order valence-corrected chi connectivity index (χ2v) is 5.66. The lowest BCUT2D eigenvalue weighted by molar-refractivity contribution is -0.116. The summed E-state index contributed by atoms with van der Waals surface area (Å²) in [5, 5.41) is 1.11. The summed E-state index contributed by atoms with van der Waals surface area (Å²) in [5.41, 5.74) is 2.36. The Morgan fingerprint density at radius 3 is 2.44 bits per heavy atom. The number of halogens is 2. The standard InChI is InChI=1S/C19H20N4O2.2ClH/c1-15(24)23(20)18-8-5-16(6-9-18)4-7-17-3-2-10-21-19(17)22-11-13-25-14-12-22;;/h2-3,5-6,8-10H,11-14,20H2,1H3;2*1H. The lowest BCUT2D eigenvalue weighted by Gasteiger charge is -2.28. The molecule has 1 aliphatic rings. The highest BCUT2D eigenvalue weighted by molar-refractivity contribution is 5.90. The van der Waals surface area contributed by atoms with Gasteiger partial charge >= 0.3 is 0 Å². The largest absolute Gasteiger partial charge is 0.378 e. The van der Waals surface area contributed by atoms with Crippen LogP contribution in [0.3, 0.4) is 0 Å². The second-order valence-electron chi connectivity index (χ2n) is 5.66. The maximum Gasteiger partial charge on any atom is 0.238 e. The molecule has 1 fully saturated rings. The first-order chi connectivity index (χ1) is 12.1.